The van der Waals surface area contributed by atoms with Crippen LogP contribution < -0.4 is 4.90 Å². The molecule has 1 aromatic rings. The van der Waals surface area contributed by atoms with Gasteiger partial charge in [-0.2, -0.15) is 0 Å². The Bertz CT molecular complexity index is 546. The van der Waals surface area contributed by atoms with Gasteiger partial charge in [-0.05, 0) is 12.1 Å². The monoisotopic (exact) mass is 286 g/mol. The van der Waals surface area contributed by atoms with E-state index in [4.69, 9.17) is 5.11 Å². The Kier molecular flexibility index (Phi) is 5.13. The minimum absolute atomic E-state index is 0.185. The molecule has 0 fully saturated rings. The Labute approximate surface area is 113 Å². The van der Waals surface area contributed by atoms with Gasteiger partial charge in [0.05, 0.1) is 11.5 Å². The van der Waals surface area contributed by atoms with E-state index in [-0.39, 0.29) is 16.9 Å². The van der Waals surface area contributed by atoms with Crippen LogP contribution in [-0.4, -0.2) is 36.0 Å². The highest BCUT2D eigenvalue weighted by Crippen LogP contribution is 2.26. The lowest BCUT2D eigenvalue weighted by molar-refractivity contribution is -0.384. The third-order valence-electron chi connectivity index (χ3n) is 2.45. The lowest BCUT2D eigenvalue weighted by Gasteiger charge is -2.20. The zero-order chi connectivity index (χ0) is 15.3. The number of carboxylic acids is 1. The average Bonchev–Trinajstić information content (AvgIpc) is 2.34. The van der Waals surface area contributed by atoms with Crippen molar-refractivity contribution in [1.82, 2.24) is 0 Å². The number of rotatable bonds is 6. The van der Waals surface area contributed by atoms with E-state index in [0.717, 1.165) is 18.2 Å². The molecule has 0 bridgehead atoms. The number of halogens is 2. The summed E-state index contributed by atoms with van der Waals surface area (Å²) >= 11 is 0. The van der Waals surface area contributed by atoms with E-state index in [1.54, 1.807) is 0 Å². The quantitative estimate of drug-likeness (QED) is 0.493. The number of carbonyl (C=O) groups is 1. The number of benzene rings is 1. The maximum absolute atomic E-state index is 12.4. The average molecular weight is 286 g/mol. The molecule has 0 aliphatic rings. The standard InChI is InChI=1S/C12H12F2N2O4/c1-15(7-11(13)14)10-4-3-9(16(19)20)6-8(10)2-5-12(17)18/h2-6,11H,7H2,1H3,(H,17,18)/b5-2+. The van der Waals surface area contributed by atoms with Crippen LogP contribution in [0.15, 0.2) is 24.3 Å². The van der Waals surface area contributed by atoms with Gasteiger partial charge >= 0.3 is 5.97 Å². The summed E-state index contributed by atoms with van der Waals surface area (Å²) in [5.41, 5.74) is 0.224. The molecule has 1 rings (SSSR count). The fraction of sp³-hybridized carbons (Fsp3) is 0.250. The molecule has 8 heteroatoms. The molecular formula is C12H12F2N2O4. The summed E-state index contributed by atoms with van der Waals surface area (Å²) in [4.78, 5) is 21.7. The minimum Gasteiger partial charge on any atom is -0.478 e. The van der Waals surface area contributed by atoms with Crippen LogP contribution in [0.4, 0.5) is 20.2 Å². The Morgan fingerprint density at radius 2 is 2.20 bits per heavy atom. The normalized spacial score (nSPS) is 11.0. The van der Waals surface area contributed by atoms with Gasteiger partial charge in [-0.1, -0.05) is 0 Å². The molecule has 0 amide bonds. The first-order valence-corrected chi connectivity index (χ1v) is 5.50. The van der Waals surface area contributed by atoms with Crippen molar-refractivity contribution < 1.29 is 23.6 Å². The van der Waals surface area contributed by atoms with Crippen molar-refractivity contribution in [1.29, 1.82) is 0 Å². The van der Waals surface area contributed by atoms with E-state index in [0.29, 0.717) is 0 Å². The molecule has 20 heavy (non-hydrogen) atoms. The van der Waals surface area contributed by atoms with E-state index in [2.05, 4.69) is 0 Å². The minimum atomic E-state index is -2.58. The second-order valence-electron chi connectivity index (χ2n) is 3.94. The first-order valence-electron chi connectivity index (χ1n) is 5.50. The van der Waals surface area contributed by atoms with Crippen molar-refractivity contribution in [3.05, 3.63) is 40.0 Å². The van der Waals surface area contributed by atoms with Crippen molar-refractivity contribution in [3.8, 4) is 0 Å². The number of nitro groups is 1. The summed E-state index contributed by atoms with van der Waals surface area (Å²) in [6, 6.07) is 3.62. The Hall–Kier alpha value is -2.51. The van der Waals surface area contributed by atoms with Gasteiger partial charge in [-0.15, -0.1) is 0 Å². The highest BCUT2D eigenvalue weighted by molar-refractivity contribution is 5.87. The fourth-order valence-electron chi connectivity index (χ4n) is 1.60. The molecule has 0 saturated heterocycles. The van der Waals surface area contributed by atoms with Crippen LogP contribution in [0, 0.1) is 10.1 Å². The molecule has 0 saturated carbocycles. The lowest BCUT2D eigenvalue weighted by Crippen LogP contribution is -2.24. The van der Waals surface area contributed by atoms with E-state index < -0.39 is 23.9 Å². The number of carboxylic acid groups (broad SMARTS) is 1. The first-order chi connectivity index (χ1) is 9.31. The van der Waals surface area contributed by atoms with Gasteiger partial charge in [0.1, 0.15) is 0 Å². The molecule has 0 atom stereocenters. The third kappa shape index (κ3) is 4.30. The van der Waals surface area contributed by atoms with Crippen LogP contribution in [0.3, 0.4) is 0 Å². The van der Waals surface area contributed by atoms with Gasteiger partial charge in [0, 0.05) is 36.5 Å². The largest absolute Gasteiger partial charge is 0.478 e. The first kappa shape index (κ1) is 15.5. The van der Waals surface area contributed by atoms with Crippen molar-refractivity contribution >= 4 is 23.4 Å². The number of hydrogen-bond donors (Lipinski definition) is 1. The highest BCUT2D eigenvalue weighted by atomic mass is 19.3. The number of anilines is 1. The fourth-order valence-corrected chi connectivity index (χ4v) is 1.60. The van der Waals surface area contributed by atoms with Crippen LogP contribution in [0.2, 0.25) is 0 Å². The van der Waals surface area contributed by atoms with E-state index >= 15 is 0 Å². The van der Waals surface area contributed by atoms with Crippen LogP contribution in [0.5, 0.6) is 0 Å². The summed E-state index contributed by atoms with van der Waals surface area (Å²) in [6.07, 6.45) is -0.655. The van der Waals surface area contributed by atoms with Gasteiger partial charge in [0.2, 0.25) is 0 Å². The molecule has 1 N–H and O–H groups in total. The summed E-state index contributed by atoms with van der Waals surface area (Å²) in [5, 5.41) is 19.3. The summed E-state index contributed by atoms with van der Waals surface area (Å²) in [7, 11) is 1.39. The SMILES string of the molecule is CN(CC(F)F)c1ccc([N+](=O)[O-])cc1/C=C/C(=O)O. The zero-order valence-electron chi connectivity index (χ0n) is 10.5. The maximum Gasteiger partial charge on any atom is 0.328 e. The molecule has 0 aliphatic heterocycles. The second kappa shape index (κ2) is 6.60. The molecular weight excluding hydrogens is 274 g/mol. The van der Waals surface area contributed by atoms with Crippen molar-refractivity contribution in [3.63, 3.8) is 0 Å². The predicted octanol–water partition coefficient (Wildman–Crippen LogP) is 2.39. The summed E-state index contributed by atoms with van der Waals surface area (Å²) < 4.78 is 24.7. The zero-order valence-corrected chi connectivity index (χ0v) is 10.5. The Balaban J connectivity index is 3.21. The number of alkyl halides is 2. The predicted molar refractivity (Wildman–Crippen MR) is 69.0 cm³/mol. The maximum atomic E-state index is 12.4. The van der Waals surface area contributed by atoms with Crippen LogP contribution in [0.1, 0.15) is 5.56 Å². The Morgan fingerprint density at radius 1 is 1.55 bits per heavy atom. The molecule has 0 radical (unpaired) electrons. The van der Waals surface area contributed by atoms with E-state index in [1.807, 2.05) is 0 Å². The van der Waals surface area contributed by atoms with Gasteiger partial charge in [-0.25, -0.2) is 13.6 Å². The van der Waals surface area contributed by atoms with Gasteiger partial charge < -0.3 is 10.0 Å². The summed E-state index contributed by atoms with van der Waals surface area (Å²) in [6.45, 7) is -0.564. The number of aliphatic carboxylic acids is 1. The lowest BCUT2D eigenvalue weighted by atomic mass is 10.1. The topological polar surface area (TPSA) is 83.7 Å². The highest BCUT2D eigenvalue weighted by Gasteiger charge is 2.15. The molecule has 0 spiro atoms. The molecule has 6 nitrogen and oxygen atoms in total. The number of hydrogen-bond acceptors (Lipinski definition) is 4. The van der Waals surface area contributed by atoms with Crippen molar-refractivity contribution in [2.45, 2.75) is 6.43 Å². The number of non-ortho nitro benzene ring substituents is 1. The molecule has 0 unspecified atom stereocenters. The van der Waals surface area contributed by atoms with Crippen molar-refractivity contribution in [2.75, 3.05) is 18.5 Å². The van der Waals surface area contributed by atoms with Gasteiger partial charge in [-0.3, -0.25) is 10.1 Å². The number of nitrogens with zero attached hydrogens (tertiary/aromatic N) is 2. The summed E-state index contributed by atoms with van der Waals surface area (Å²) in [5.74, 6) is -1.24. The van der Waals surface area contributed by atoms with Crippen LogP contribution in [0.25, 0.3) is 6.08 Å². The van der Waals surface area contributed by atoms with E-state index in [1.165, 1.54) is 24.1 Å². The Morgan fingerprint density at radius 3 is 2.70 bits per heavy atom. The van der Waals surface area contributed by atoms with Gasteiger partial charge in [0.15, 0.2) is 0 Å². The van der Waals surface area contributed by atoms with Crippen LogP contribution in [-0.2, 0) is 4.79 Å². The third-order valence-corrected chi connectivity index (χ3v) is 2.45. The molecule has 0 heterocycles. The van der Waals surface area contributed by atoms with E-state index in [9.17, 15) is 23.7 Å². The van der Waals surface area contributed by atoms with Gasteiger partial charge in [0.25, 0.3) is 12.1 Å². The van der Waals surface area contributed by atoms with Crippen LogP contribution >= 0.6 is 0 Å². The molecule has 1 aromatic carbocycles. The molecule has 108 valence electrons. The van der Waals surface area contributed by atoms with Crippen molar-refractivity contribution in [2.24, 2.45) is 0 Å². The molecule has 0 aliphatic carbocycles. The second-order valence-corrected chi connectivity index (χ2v) is 3.94. The molecule has 0 aromatic heterocycles. The number of nitro benzene ring substituents is 1. The smallest absolute Gasteiger partial charge is 0.328 e.